The van der Waals surface area contributed by atoms with Crippen LogP contribution in [0.3, 0.4) is 0 Å². The zero-order valence-electron chi connectivity index (χ0n) is 15.2. The highest BCUT2D eigenvalue weighted by molar-refractivity contribution is 7.92. The third-order valence-electron chi connectivity index (χ3n) is 4.51. The van der Waals surface area contributed by atoms with Crippen molar-refractivity contribution in [2.45, 2.75) is 23.8 Å². The fourth-order valence-corrected chi connectivity index (χ4v) is 4.85. The number of sulfonamides is 1. The highest BCUT2D eigenvalue weighted by atomic mass is 35.5. The zero-order valence-corrected chi connectivity index (χ0v) is 17.6. The lowest BCUT2D eigenvalue weighted by molar-refractivity contribution is 0.120. The van der Waals surface area contributed by atoms with Gasteiger partial charge in [-0.2, -0.15) is 0 Å². The van der Waals surface area contributed by atoms with E-state index in [0.717, 1.165) is 19.4 Å². The van der Waals surface area contributed by atoms with Crippen LogP contribution >= 0.6 is 23.2 Å². The molecule has 1 atom stereocenters. The molecule has 2 heterocycles. The molecule has 1 aliphatic heterocycles. The molecule has 0 saturated carbocycles. The van der Waals surface area contributed by atoms with E-state index < -0.39 is 10.0 Å². The largest absolute Gasteiger partial charge is 0.376 e. The predicted octanol–water partition coefficient (Wildman–Crippen LogP) is 4.33. The topological polar surface area (TPSA) is 93.2 Å². The number of fused-ring (bicyclic) bond motifs is 1. The van der Waals surface area contributed by atoms with Crippen LogP contribution in [-0.2, 0) is 14.8 Å². The lowest BCUT2D eigenvalue weighted by Crippen LogP contribution is -2.21. The molecule has 152 valence electrons. The molecule has 29 heavy (non-hydrogen) atoms. The van der Waals surface area contributed by atoms with Gasteiger partial charge in [-0.3, -0.25) is 4.72 Å². The summed E-state index contributed by atoms with van der Waals surface area (Å²) in [4.78, 5) is 8.86. The van der Waals surface area contributed by atoms with Crippen molar-refractivity contribution in [3.8, 4) is 0 Å². The lowest BCUT2D eigenvalue weighted by Gasteiger charge is -2.16. The van der Waals surface area contributed by atoms with E-state index in [0.29, 0.717) is 23.4 Å². The van der Waals surface area contributed by atoms with Gasteiger partial charge in [0.15, 0.2) is 11.6 Å². The molecule has 0 amide bonds. The van der Waals surface area contributed by atoms with Gasteiger partial charge in [-0.25, -0.2) is 18.4 Å². The number of para-hydroxylation sites is 2. The van der Waals surface area contributed by atoms with E-state index in [-0.39, 0.29) is 26.9 Å². The normalized spacial score (nSPS) is 16.8. The van der Waals surface area contributed by atoms with E-state index in [2.05, 4.69) is 20.0 Å². The molecule has 4 rings (SSSR count). The Kier molecular flexibility index (Phi) is 5.78. The summed E-state index contributed by atoms with van der Waals surface area (Å²) in [5.41, 5.74) is 1.20. The number of anilines is 2. The minimum absolute atomic E-state index is 0.0510. The average molecular weight is 453 g/mol. The van der Waals surface area contributed by atoms with Crippen LogP contribution in [0.5, 0.6) is 0 Å². The number of ether oxygens (including phenoxy) is 1. The van der Waals surface area contributed by atoms with Crippen LogP contribution in [0.25, 0.3) is 11.0 Å². The summed E-state index contributed by atoms with van der Waals surface area (Å²) in [5.74, 6) is 0.402. The Morgan fingerprint density at radius 1 is 1.07 bits per heavy atom. The van der Waals surface area contributed by atoms with Gasteiger partial charge >= 0.3 is 0 Å². The molecule has 1 fully saturated rings. The maximum atomic E-state index is 12.9. The molecule has 2 aromatic carbocycles. The van der Waals surface area contributed by atoms with Crippen molar-refractivity contribution >= 4 is 55.9 Å². The Hall–Kier alpha value is -2.13. The van der Waals surface area contributed by atoms with Crippen molar-refractivity contribution in [3.05, 3.63) is 52.5 Å². The van der Waals surface area contributed by atoms with E-state index in [1.807, 2.05) is 18.2 Å². The first kappa shape index (κ1) is 20.2. The molecule has 0 bridgehead atoms. The number of nitrogens with zero attached hydrogens (tertiary/aromatic N) is 2. The number of nitrogens with one attached hydrogen (secondary N) is 2. The molecule has 0 aliphatic carbocycles. The van der Waals surface area contributed by atoms with Crippen LogP contribution in [-0.4, -0.2) is 37.6 Å². The van der Waals surface area contributed by atoms with Gasteiger partial charge in [-0.05, 0) is 43.2 Å². The second-order valence-electron chi connectivity index (χ2n) is 6.61. The first-order chi connectivity index (χ1) is 13.9. The summed E-state index contributed by atoms with van der Waals surface area (Å²) >= 11 is 12.0. The summed E-state index contributed by atoms with van der Waals surface area (Å²) in [6.07, 6.45) is 1.99. The number of aromatic nitrogens is 2. The molecule has 1 aromatic heterocycles. The van der Waals surface area contributed by atoms with Crippen molar-refractivity contribution in [1.82, 2.24) is 9.97 Å². The maximum absolute atomic E-state index is 12.9. The molecular weight excluding hydrogens is 435 g/mol. The quantitative estimate of drug-likeness (QED) is 0.577. The van der Waals surface area contributed by atoms with Crippen molar-refractivity contribution in [3.63, 3.8) is 0 Å². The zero-order chi connectivity index (χ0) is 20.4. The van der Waals surface area contributed by atoms with Gasteiger partial charge in [0.2, 0.25) is 0 Å². The second-order valence-corrected chi connectivity index (χ2v) is 9.10. The number of halogens is 2. The molecule has 10 heteroatoms. The number of benzene rings is 2. The first-order valence-corrected chi connectivity index (χ1v) is 11.3. The van der Waals surface area contributed by atoms with Gasteiger partial charge < -0.3 is 10.1 Å². The summed E-state index contributed by atoms with van der Waals surface area (Å²) in [7, 11) is -4.04. The molecule has 0 unspecified atom stereocenters. The Balaban J connectivity index is 1.70. The Bertz CT molecular complexity index is 1150. The molecule has 1 aliphatic rings. The third kappa shape index (κ3) is 4.56. The monoisotopic (exact) mass is 452 g/mol. The fraction of sp³-hybridized carbons (Fsp3) is 0.263. The van der Waals surface area contributed by atoms with E-state index in [9.17, 15) is 8.42 Å². The second kappa shape index (κ2) is 8.31. The summed E-state index contributed by atoms with van der Waals surface area (Å²) in [6, 6.07) is 11.5. The van der Waals surface area contributed by atoms with Gasteiger partial charge in [0.1, 0.15) is 4.90 Å². The molecule has 3 aromatic rings. The summed E-state index contributed by atoms with van der Waals surface area (Å²) < 4.78 is 34.0. The molecule has 0 radical (unpaired) electrons. The van der Waals surface area contributed by atoms with Crippen molar-refractivity contribution in [2.24, 2.45) is 0 Å². The van der Waals surface area contributed by atoms with Crippen LogP contribution < -0.4 is 10.0 Å². The Labute approximate surface area is 178 Å². The maximum Gasteiger partial charge on any atom is 0.264 e. The average Bonchev–Trinajstić information content (AvgIpc) is 3.21. The van der Waals surface area contributed by atoms with Crippen molar-refractivity contribution in [1.29, 1.82) is 0 Å². The smallest absolute Gasteiger partial charge is 0.264 e. The van der Waals surface area contributed by atoms with E-state index in [4.69, 9.17) is 27.9 Å². The van der Waals surface area contributed by atoms with Crippen LogP contribution in [0.4, 0.5) is 11.6 Å². The SMILES string of the molecule is O=S(=O)(Nc1nc2ccccc2nc1NC[C@@H]1CCCO1)c1cc(Cl)ccc1Cl. The minimum atomic E-state index is -4.04. The van der Waals surface area contributed by atoms with Crippen molar-refractivity contribution < 1.29 is 13.2 Å². The number of hydrogen-bond donors (Lipinski definition) is 2. The number of hydrogen-bond acceptors (Lipinski definition) is 6. The van der Waals surface area contributed by atoms with Crippen LogP contribution in [0.1, 0.15) is 12.8 Å². The molecule has 0 spiro atoms. The summed E-state index contributed by atoms with van der Waals surface area (Å²) in [5, 5.41) is 3.48. The Morgan fingerprint density at radius 2 is 1.79 bits per heavy atom. The molecule has 7 nitrogen and oxygen atoms in total. The van der Waals surface area contributed by atoms with Gasteiger partial charge in [0.05, 0.1) is 22.2 Å². The van der Waals surface area contributed by atoms with Gasteiger partial charge in [-0.1, -0.05) is 35.3 Å². The van der Waals surface area contributed by atoms with E-state index >= 15 is 0 Å². The molecule has 2 N–H and O–H groups in total. The first-order valence-electron chi connectivity index (χ1n) is 9.02. The lowest BCUT2D eigenvalue weighted by atomic mass is 10.2. The van der Waals surface area contributed by atoms with Crippen molar-refractivity contribution in [2.75, 3.05) is 23.2 Å². The van der Waals surface area contributed by atoms with Gasteiger partial charge in [-0.15, -0.1) is 0 Å². The van der Waals surface area contributed by atoms with Gasteiger partial charge in [0, 0.05) is 18.2 Å². The molecular formula is C19H18Cl2N4O3S. The predicted molar refractivity (Wildman–Crippen MR) is 114 cm³/mol. The third-order valence-corrected chi connectivity index (χ3v) is 6.56. The summed E-state index contributed by atoms with van der Waals surface area (Å²) in [6.45, 7) is 1.22. The Morgan fingerprint density at radius 3 is 2.48 bits per heavy atom. The van der Waals surface area contributed by atoms with Crippen LogP contribution in [0.2, 0.25) is 10.0 Å². The fourth-order valence-electron chi connectivity index (χ4n) is 3.08. The van der Waals surface area contributed by atoms with Gasteiger partial charge in [0.25, 0.3) is 10.0 Å². The number of rotatable bonds is 6. The highest BCUT2D eigenvalue weighted by Gasteiger charge is 2.23. The highest BCUT2D eigenvalue weighted by Crippen LogP contribution is 2.29. The van der Waals surface area contributed by atoms with E-state index in [1.165, 1.54) is 18.2 Å². The van der Waals surface area contributed by atoms with E-state index in [1.54, 1.807) is 6.07 Å². The minimum Gasteiger partial charge on any atom is -0.376 e. The van der Waals surface area contributed by atoms with Crippen LogP contribution in [0.15, 0.2) is 47.4 Å². The standard InChI is InChI=1S/C19H18Cl2N4O3S/c20-12-7-8-14(21)17(10-12)29(26,27)25-19-18(22-11-13-4-3-9-28-13)23-15-5-1-2-6-16(15)24-19/h1-2,5-8,10,13H,3-4,9,11H2,(H,22,23)(H,24,25)/t13-/m0/s1. The molecule has 1 saturated heterocycles. The van der Waals surface area contributed by atoms with Crippen LogP contribution in [0, 0.1) is 0 Å².